The van der Waals surface area contributed by atoms with E-state index in [-0.39, 0.29) is 5.54 Å². The smallest absolute Gasteiger partial charge is 0.122 e. The molecule has 2 rings (SSSR count). The Labute approximate surface area is 116 Å². The molecule has 1 unspecified atom stereocenters. The average Bonchev–Trinajstić information content (AvgIpc) is 2.95. The average molecular weight is 266 g/mol. The van der Waals surface area contributed by atoms with Crippen LogP contribution in [0.25, 0.3) is 0 Å². The Hall–Kier alpha value is -0.840. The van der Waals surface area contributed by atoms with Crippen LogP contribution in [0.2, 0.25) is 0 Å². The fraction of sp³-hybridized carbons (Fsp3) is 0.733. The molecule has 19 heavy (non-hydrogen) atoms. The summed E-state index contributed by atoms with van der Waals surface area (Å²) < 4.78 is 11.0. The number of hydrogen-bond donors (Lipinski definition) is 1. The topological polar surface area (TPSA) is 37.6 Å². The Morgan fingerprint density at radius 3 is 2.89 bits per heavy atom. The van der Waals surface area contributed by atoms with E-state index in [1.807, 2.05) is 0 Å². The summed E-state index contributed by atoms with van der Waals surface area (Å²) in [4.78, 5) is 2.40. The highest BCUT2D eigenvalue weighted by Crippen LogP contribution is 2.19. The van der Waals surface area contributed by atoms with E-state index in [9.17, 15) is 0 Å². The van der Waals surface area contributed by atoms with Gasteiger partial charge in [-0.1, -0.05) is 0 Å². The lowest BCUT2D eigenvalue weighted by atomic mass is 10.1. The Bertz CT molecular complexity index is 395. The second-order valence-electron chi connectivity index (χ2n) is 6.35. The summed E-state index contributed by atoms with van der Waals surface area (Å²) in [5.41, 5.74) is 1.39. The largest absolute Gasteiger partial charge is 0.468 e. The van der Waals surface area contributed by atoms with Crippen LogP contribution in [-0.2, 0) is 17.8 Å². The van der Waals surface area contributed by atoms with Crippen LogP contribution in [0.3, 0.4) is 0 Å². The standard InChI is InChI=1S/C15H26N2O2/c1-15(2,3)16-9-12-6-8-19-14(12)11-17-7-5-13(10-17)18-4/h6,8,13,16H,5,7,9-11H2,1-4H3. The van der Waals surface area contributed by atoms with Gasteiger partial charge in [-0.05, 0) is 33.3 Å². The third kappa shape index (κ3) is 4.34. The number of hydrogen-bond acceptors (Lipinski definition) is 4. The molecule has 1 saturated heterocycles. The second kappa shape index (κ2) is 6.07. The molecule has 4 heteroatoms. The van der Waals surface area contributed by atoms with Gasteiger partial charge < -0.3 is 14.5 Å². The zero-order valence-corrected chi connectivity index (χ0v) is 12.5. The third-order valence-corrected chi connectivity index (χ3v) is 3.58. The lowest BCUT2D eigenvalue weighted by molar-refractivity contribution is 0.106. The molecule has 1 N–H and O–H groups in total. The summed E-state index contributed by atoms with van der Waals surface area (Å²) in [6.07, 6.45) is 3.29. The van der Waals surface area contributed by atoms with E-state index in [0.717, 1.165) is 38.4 Å². The first-order chi connectivity index (χ1) is 8.98. The molecular weight excluding hydrogens is 240 g/mol. The number of nitrogens with zero attached hydrogens (tertiary/aromatic N) is 1. The van der Waals surface area contributed by atoms with Crippen molar-refractivity contribution < 1.29 is 9.15 Å². The van der Waals surface area contributed by atoms with Gasteiger partial charge in [0.15, 0.2) is 0 Å². The lowest BCUT2D eigenvalue weighted by Gasteiger charge is -2.21. The maximum Gasteiger partial charge on any atom is 0.122 e. The molecule has 0 saturated carbocycles. The molecule has 1 fully saturated rings. The zero-order chi connectivity index (χ0) is 13.9. The van der Waals surface area contributed by atoms with Crippen LogP contribution in [0.4, 0.5) is 0 Å². The molecule has 108 valence electrons. The molecular formula is C15H26N2O2. The van der Waals surface area contributed by atoms with Crippen LogP contribution in [0, 0.1) is 0 Å². The van der Waals surface area contributed by atoms with Crippen LogP contribution in [0.5, 0.6) is 0 Å². The summed E-state index contributed by atoms with van der Waals surface area (Å²) >= 11 is 0. The second-order valence-corrected chi connectivity index (χ2v) is 6.35. The minimum Gasteiger partial charge on any atom is -0.468 e. The Morgan fingerprint density at radius 2 is 2.26 bits per heavy atom. The Kier molecular flexibility index (Phi) is 4.66. The summed E-state index contributed by atoms with van der Waals surface area (Å²) in [7, 11) is 1.79. The predicted octanol–water partition coefficient (Wildman–Crippen LogP) is 2.39. The van der Waals surface area contributed by atoms with Gasteiger partial charge in [0.05, 0.1) is 18.9 Å². The van der Waals surface area contributed by atoms with Crippen molar-refractivity contribution in [1.29, 1.82) is 0 Å². The molecule has 4 nitrogen and oxygen atoms in total. The molecule has 0 radical (unpaired) electrons. The van der Waals surface area contributed by atoms with Gasteiger partial charge in [-0.3, -0.25) is 4.90 Å². The van der Waals surface area contributed by atoms with Crippen LogP contribution in [-0.4, -0.2) is 36.7 Å². The summed E-state index contributed by atoms with van der Waals surface area (Å²) in [5, 5.41) is 3.51. The van der Waals surface area contributed by atoms with Crippen LogP contribution < -0.4 is 5.32 Å². The maximum absolute atomic E-state index is 5.64. The molecule has 0 aliphatic carbocycles. The SMILES string of the molecule is COC1CCN(Cc2occc2CNC(C)(C)C)C1. The minimum absolute atomic E-state index is 0.128. The number of methoxy groups -OCH3 is 1. The summed E-state index contributed by atoms with van der Waals surface area (Å²) in [5.74, 6) is 1.08. The molecule has 0 spiro atoms. The third-order valence-electron chi connectivity index (χ3n) is 3.58. The number of ether oxygens (including phenoxy) is 1. The maximum atomic E-state index is 5.64. The van der Waals surface area contributed by atoms with E-state index in [0.29, 0.717) is 6.10 Å². The quantitative estimate of drug-likeness (QED) is 0.888. The van der Waals surface area contributed by atoms with Gasteiger partial charge in [0, 0.05) is 37.8 Å². The van der Waals surface area contributed by atoms with Crippen LogP contribution in [0.15, 0.2) is 16.7 Å². The fourth-order valence-electron chi connectivity index (χ4n) is 2.36. The summed E-state index contributed by atoms with van der Waals surface area (Å²) in [6.45, 7) is 10.4. The van der Waals surface area contributed by atoms with E-state index in [2.05, 4.69) is 37.1 Å². The van der Waals surface area contributed by atoms with Crippen molar-refractivity contribution in [3.63, 3.8) is 0 Å². The van der Waals surface area contributed by atoms with Gasteiger partial charge in [-0.15, -0.1) is 0 Å². The summed E-state index contributed by atoms with van der Waals surface area (Å²) in [6, 6.07) is 2.07. The zero-order valence-electron chi connectivity index (χ0n) is 12.5. The van der Waals surface area contributed by atoms with Crippen molar-refractivity contribution in [3.05, 3.63) is 23.7 Å². The van der Waals surface area contributed by atoms with Crippen LogP contribution in [0.1, 0.15) is 38.5 Å². The molecule has 0 aromatic carbocycles. The number of nitrogens with one attached hydrogen (secondary N) is 1. The Morgan fingerprint density at radius 1 is 1.47 bits per heavy atom. The normalized spacial score (nSPS) is 21.2. The molecule has 1 aliphatic heterocycles. The van der Waals surface area contributed by atoms with Crippen molar-refractivity contribution in [2.45, 2.75) is 51.9 Å². The number of likely N-dealkylation sites (tertiary alicyclic amines) is 1. The molecule has 1 aliphatic rings. The van der Waals surface area contributed by atoms with Gasteiger partial charge in [-0.25, -0.2) is 0 Å². The van der Waals surface area contributed by atoms with Crippen molar-refractivity contribution in [2.75, 3.05) is 20.2 Å². The monoisotopic (exact) mass is 266 g/mol. The lowest BCUT2D eigenvalue weighted by Crippen LogP contribution is -2.35. The predicted molar refractivity (Wildman–Crippen MR) is 76.0 cm³/mol. The van der Waals surface area contributed by atoms with E-state index >= 15 is 0 Å². The van der Waals surface area contributed by atoms with Gasteiger partial charge >= 0.3 is 0 Å². The highest BCUT2D eigenvalue weighted by atomic mass is 16.5. The van der Waals surface area contributed by atoms with Crippen molar-refractivity contribution in [1.82, 2.24) is 10.2 Å². The van der Waals surface area contributed by atoms with Crippen molar-refractivity contribution in [3.8, 4) is 0 Å². The Balaban J connectivity index is 1.89. The molecule has 1 atom stereocenters. The molecule has 1 aromatic heterocycles. The van der Waals surface area contributed by atoms with Gasteiger partial charge in [0.25, 0.3) is 0 Å². The molecule has 1 aromatic rings. The first-order valence-corrected chi connectivity index (χ1v) is 7.03. The number of rotatable bonds is 5. The van der Waals surface area contributed by atoms with Gasteiger partial charge in [0.1, 0.15) is 5.76 Å². The molecule has 2 heterocycles. The van der Waals surface area contributed by atoms with Gasteiger partial charge in [-0.2, -0.15) is 0 Å². The van der Waals surface area contributed by atoms with Crippen molar-refractivity contribution >= 4 is 0 Å². The number of furan rings is 1. The van der Waals surface area contributed by atoms with E-state index in [1.54, 1.807) is 13.4 Å². The molecule has 0 amide bonds. The highest BCUT2D eigenvalue weighted by Gasteiger charge is 2.23. The minimum atomic E-state index is 0.128. The fourth-order valence-corrected chi connectivity index (χ4v) is 2.36. The van der Waals surface area contributed by atoms with Gasteiger partial charge in [0.2, 0.25) is 0 Å². The first-order valence-electron chi connectivity index (χ1n) is 7.03. The molecule has 0 bridgehead atoms. The van der Waals surface area contributed by atoms with E-state index in [1.165, 1.54) is 5.56 Å². The highest BCUT2D eigenvalue weighted by molar-refractivity contribution is 5.17. The first kappa shape index (κ1) is 14.6. The van der Waals surface area contributed by atoms with Crippen molar-refractivity contribution in [2.24, 2.45) is 0 Å². The van der Waals surface area contributed by atoms with E-state index < -0.39 is 0 Å². The van der Waals surface area contributed by atoms with E-state index in [4.69, 9.17) is 9.15 Å². The van der Waals surface area contributed by atoms with Crippen LogP contribution >= 0.6 is 0 Å².